The highest BCUT2D eigenvalue weighted by Crippen LogP contribution is 2.17. The number of rotatable bonds is 4. The molecule has 0 bridgehead atoms. The standard InChI is InChI=1S/C13H15NO3S/c1-10-6-7-17-13(10)9-14-11-4-3-5-12(8-11)18(2,15)16/h3-8,14H,9H2,1-2H3. The number of sulfone groups is 1. The first-order chi connectivity index (χ1) is 8.47. The summed E-state index contributed by atoms with van der Waals surface area (Å²) in [5, 5.41) is 3.14. The van der Waals surface area contributed by atoms with Crippen molar-refractivity contribution in [2.24, 2.45) is 0 Å². The van der Waals surface area contributed by atoms with Gasteiger partial charge in [0, 0.05) is 11.9 Å². The van der Waals surface area contributed by atoms with Crippen LogP contribution >= 0.6 is 0 Å². The van der Waals surface area contributed by atoms with Crippen LogP contribution in [0.15, 0.2) is 45.9 Å². The van der Waals surface area contributed by atoms with Gasteiger partial charge in [0.25, 0.3) is 0 Å². The Balaban J connectivity index is 2.13. The molecule has 4 nitrogen and oxygen atoms in total. The fourth-order valence-electron chi connectivity index (χ4n) is 1.60. The molecule has 96 valence electrons. The molecule has 0 saturated heterocycles. The fraction of sp³-hybridized carbons (Fsp3) is 0.231. The van der Waals surface area contributed by atoms with E-state index in [1.54, 1.807) is 24.5 Å². The third-order valence-corrected chi connectivity index (χ3v) is 3.79. The summed E-state index contributed by atoms with van der Waals surface area (Å²) in [6, 6.07) is 8.64. The van der Waals surface area contributed by atoms with Gasteiger partial charge in [-0.25, -0.2) is 8.42 Å². The molecule has 0 aliphatic heterocycles. The number of hydrogen-bond donors (Lipinski definition) is 1. The van der Waals surface area contributed by atoms with Crippen LogP contribution in [0.25, 0.3) is 0 Å². The number of furan rings is 1. The molecule has 0 radical (unpaired) electrons. The first-order valence-electron chi connectivity index (χ1n) is 5.54. The predicted molar refractivity (Wildman–Crippen MR) is 70.3 cm³/mol. The van der Waals surface area contributed by atoms with E-state index in [9.17, 15) is 8.42 Å². The minimum Gasteiger partial charge on any atom is -0.467 e. The minimum atomic E-state index is -3.17. The zero-order valence-electron chi connectivity index (χ0n) is 10.3. The van der Waals surface area contributed by atoms with Crippen LogP contribution in [0.4, 0.5) is 5.69 Å². The van der Waals surface area contributed by atoms with Gasteiger partial charge in [-0.2, -0.15) is 0 Å². The predicted octanol–water partition coefficient (Wildman–Crippen LogP) is 2.60. The highest BCUT2D eigenvalue weighted by atomic mass is 32.2. The summed E-state index contributed by atoms with van der Waals surface area (Å²) in [7, 11) is -3.17. The van der Waals surface area contributed by atoms with Crippen molar-refractivity contribution in [2.75, 3.05) is 11.6 Å². The highest BCUT2D eigenvalue weighted by molar-refractivity contribution is 7.90. The Labute approximate surface area is 107 Å². The van der Waals surface area contributed by atoms with Crippen molar-refractivity contribution in [3.63, 3.8) is 0 Å². The van der Waals surface area contributed by atoms with Gasteiger partial charge < -0.3 is 9.73 Å². The summed E-state index contributed by atoms with van der Waals surface area (Å²) < 4.78 is 28.2. The molecule has 0 atom stereocenters. The van der Waals surface area contributed by atoms with Gasteiger partial charge in [-0.15, -0.1) is 0 Å². The highest BCUT2D eigenvalue weighted by Gasteiger charge is 2.07. The van der Waals surface area contributed by atoms with Gasteiger partial charge in [-0.1, -0.05) is 6.07 Å². The Morgan fingerprint density at radius 2 is 2.06 bits per heavy atom. The molecule has 0 saturated carbocycles. The van der Waals surface area contributed by atoms with E-state index in [0.29, 0.717) is 11.4 Å². The Hall–Kier alpha value is -1.75. The van der Waals surface area contributed by atoms with E-state index in [-0.39, 0.29) is 0 Å². The number of nitrogens with one attached hydrogen (secondary N) is 1. The summed E-state index contributed by atoms with van der Waals surface area (Å²) in [5.74, 6) is 0.847. The topological polar surface area (TPSA) is 59.3 Å². The SMILES string of the molecule is Cc1ccoc1CNc1cccc(S(C)(=O)=O)c1. The second-order valence-electron chi connectivity index (χ2n) is 4.18. The third kappa shape index (κ3) is 2.92. The minimum absolute atomic E-state index is 0.309. The molecular formula is C13H15NO3S. The first kappa shape index (κ1) is 12.7. The quantitative estimate of drug-likeness (QED) is 0.923. The van der Waals surface area contributed by atoms with E-state index in [4.69, 9.17) is 4.42 Å². The number of anilines is 1. The zero-order chi connectivity index (χ0) is 13.2. The molecule has 18 heavy (non-hydrogen) atoms. The van der Waals surface area contributed by atoms with Crippen molar-refractivity contribution in [1.82, 2.24) is 0 Å². The summed E-state index contributed by atoms with van der Waals surface area (Å²) in [6.45, 7) is 2.50. The van der Waals surface area contributed by atoms with Crippen LogP contribution in [0, 0.1) is 6.92 Å². The van der Waals surface area contributed by atoms with Crippen molar-refractivity contribution >= 4 is 15.5 Å². The molecule has 2 rings (SSSR count). The molecule has 1 aromatic heterocycles. The Morgan fingerprint density at radius 1 is 1.28 bits per heavy atom. The van der Waals surface area contributed by atoms with Gasteiger partial charge in [0.05, 0.1) is 17.7 Å². The first-order valence-corrected chi connectivity index (χ1v) is 7.43. The van der Waals surface area contributed by atoms with Crippen LogP contribution in [0.5, 0.6) is 0 Å². The molecule has 1 aromatic carbocycles. The molecule has 1 N–H and O–H groups in total. The third-order valence-electron chi connectivity index (χ3n) is 2.68. The van der Waals surface area contributed by atoms with Crippen molar-refractivity contribution in [1.29, 1.82) is 0 Å². The lowest BCUT2D eigenvalue weighted by molar-refractivity contribution is 0.515. The Kier molecular flexibility index (Phi) is 3.43. The lowest BCUT2D eigenvalue weighted by Gasteiger charge is -2.06. The number of hydrogen-bond acceptors (Lipinski definition) is 4. The fourth-order valence-corrected chi connectivity index (χ4v) is 2.27. The summed E-state index contributed by atoms with van der Waals surface area (Å²) in [5.41, 5.74) is 1.83. The normalized spacial score (nSPS) is 11.4. The second-order valence-corrected chi connectivity index (χ2v) is 6.20. The summed E-state index contributed by atoms with van der Waals surface area (Å²) >= 11 is 0. The van der Waals surface area contributed by atoms with Gasteiger partial charge in [-0.05, 0) is 36.8 Å². The maximum absolute atomic E-state index is 11.4. The smallest absolute Gasteiger partial charge is 0.175 e. The molecule has 0 aliphatic carbocycles. The molecule has 0 amide bonds. The van der Waals surface area contributed by atoms with Crippen LogP contribution in [0.1, 0.15) is 11.3 Å². The monoisotopic (exact) mass is 265 g/mol. The molecule has 0 unspecified atom stereocenters. The molecule has 2 aromatic rings. The Bertz CT molecular complexity index is 644. The number of benzene rings is 1. The Morgan fingerprint density at radius 3 is 2.67 bits per heavy atom. The van der Waals surface area contributed by atoms with Gasteiger partial charge in [0.15, 0.2) is 9.84 Å². The lowest BCUT2D eigenvalue weighted by Crippen LogP contribution is -2.02. The maximum Gasteiger partial charge on any atom is 0.175 e. The largest absolute Gasteiger partial charge is 0.467 e. The average Bonchev–Trinajstić information content (AvgIpc) is 2.72. The van der Waals surface area contributed by atoms with Crippen LogP contribution in [0.2, 0.25) is 0 Å². The van der Waals surface area contributed by atoms with E-state index in [1.165, 1.54) is 6.26 Å². The molecule has 1 heterocycles. The van der Waals surface area contributed by atoms with E-state index < -0.39 is 9.84 Å². The van der Waals surface area contributed by atoms with Crippen molar-refractivity contribution in [3.8, 4) is 0 Å². The van der Waals surface area contributed by atoms with Gasteiger partial charge in [0.2, 0.25) is 0 Å². The molecule has 0 fully saturated rings. The van der Waals surface area contributed by atoms with E-state index >= 15 is 0 Å². The zero-order valence-corrected chi connectivity index (χ0v) is 11.1. The molecular weight excluding hydrogens is 250 g/mol. The van der Waals surface area contributed by atoms with Crippen molar-refractivity contribution in [2.45, 2.75) is 18.4 Å². The molecule has 5 heteroatoms. The number of aryl methyl sites for hydroxylation is 1. The molecule has 0 spiro atoms. The van der Waals surface area contributed by atoms with Gasteiger partial charge in [-0.3, -0.25) is 0 Å². The molecule has 0 aliphatic rings. The van der Waals surface area contributed by atoms with Crippen LogP contribution < -0.4 is 5.32 Å². The van der Waals surface area contributed by atoms with E-state index in [2.05, 4.69) is 5.32 Å². The average molecular weight is 265 g/mol. The lowest BCUT2D eigenvalue weighted by atomic mass is 10.2. The summed E-state index contributed by atoms with van der Waals surface area (Å²) in [4.78, 5) is 0.309. The summed E-state index contributed by atoms with van der Waals surface area (Å²) in [6.07, 6.45) is 2.84. The maximum atomic E-state index is 11.4. The van der Waals surface area contributed by atoms with Crippen molar-refractivity contribution < 1.29 is 12.8 Å². The van der Waals surface area contributed by atoms with Gasteiger partial charge in [0.1, 0.15) is 5.76 Å². The second kappa shape index (κ2) is 4.86. The van der Waals surface area contributed by atoms with Gasteiger partial charge >= 0.3 is 0 Å². The van der Waals surface area contributed by atoms with E-state index in [1.807, 2.05) is 19.1 Å². The van der Waals surface area contributed by atoms with Crippen LogP contribution in [-0.2, 0) is 16.4 Å². The van der Waals surface area contributed by atoms with Crippen LogP contribution in [0.3, 0.4) is 0 Å². The van der Waals surface area contributed by atoms with Crippen LogP contribution in [-0.4, -0.2) is 14.7 Å². The van der Waals surface area contributed by atoms with E-state index in [0.717, 1.165) is 17.0 Å². The van der Waals surface area contributed by atoms with Crippen molar-refractivity contribution in [3.05, 3.63) is 47.9 Å².